The second kappa shape index (κ2) is 7.14. The van der Waals surface area contributed by atoms with Crippen LogP contribution in [0.4, 0.5) is 0 Å². The third kappa shape index (κ3) is 4.42. The molecule has 0 fully saturated rings. The summed E-state index contributed by atoms with van der Waals surface area (Å²) in [4.78, 5) is 11.6. The number of methoxy groups -OCH3 is 1. The molecule has 1 aromatic rings. The molecule has 0 aliphatic rings. The van der Waals surface area contributed by atoms with E-state index in [9.17, 15) is 4.79 Å². The van der Waals surface area contributed by atoms with Gasteiger partial charge < -0.3 is 20.5 Å². The van der Waals surface area contributed by atoms with E-state index in [0.29, 0.717) is 11.5 Å². The number of nitrogens with one attached hydrogen (secondary N) is 1. The average Bonchev–Trinajstić information content (AvgIpc) is 2.38. The topological polar surface area (TPSA) is 73.6 Å². The lowest BCUT2D eigenvalue weighted by molar-refractivity contribution is -0.122. The van der Waals surface area contributed by atoms with Crippen molar-refractivity contribution in [2.75, 3.05) is 7.11 Å². The Morgan fingerprint density at radius 3 is 2.35 bits per heavy atom. The van der Waals surface area contributed by atoms with Crippen LogP contribution in [-0.4, -0.2) is 25.2 Å². The lowest BCUT2D eigenvalue weighted by Gasteiger charge is -2.19. The van der Waals surface area contributed by atoms with Crippen molar-refractivity contribution in [3.8, 4) is 11.5 Å². The van der Waals surface area contributed by atoms with Gasteiger partial charge in [-0.3, -0.25) is 4.79 Å². The monoisotopic (exact) mass is 280 g/mol. The first kappa shape index (κ1) is 16.3. The fraction of sp³-hybridized carbons (Fsp3) is 0.533. The maximum atomic E-state index is 11.6. The van der Waals surface area contributed by atoms with Gasteiger partial charge in [0.15, 0.2) is 11.5 Å². The van der Waals surface area contributed by atoms with Crippen LogP contribution in [0, 0.1) is 0 Å². The minimum atomic E-state index is -0.525. The van der Waals surface area contributed by atoms with Crippen LogP contribution < -0.4 is 20.5 Å². The number of hydrogen-bond acceptors (Lipinski definition) is 4. The predicted molar refractivity (Wildman–Crippen MR) is 79.0 cm³/mol. The van der Waals surface area contributed by atoms with Crippen LogP contribution in [0.15, 0.2) is 18.2 Å². The number of rotatable bonds is 6. The van der Waals surface area contributed by atoms with Gasteiger partial charge in [-0.25, -0.2) is 0 Å². The van der Waals surface area contributed by atoms with Gasteiger partial charge in [0.2, 0.25) is 5.91 Å². The van der Waals surface area contributed by atoms with E-state index in [-0.39, 0.29) is 18.1 Å². The summed E-state index contributed by atoms with van der Waals surface area (Å²) in [5.41, 5.74) is 6.48. The molecule has 2 unspecified atom stereocenters. The van der Waals surface area contributed by atoms with Crippen LogP contribution in [0.3, 0.4) is 0 Å². The highest BCUT2D eigenvalue weighted by Gasteiger charge is 2.15. The lowest BCUT2D eigenvalue weighted by Crippen LogP contribution is -2.39. The molecular weight excluding hydrogens is 256 g/mol. The summed E-state index contributed by atoms with van der Waals surface area (Å²) >= 11 is 0. The van der Waals surface area contributed by atoms with Crippen molar-refractivity contribution < 1.29 is 14.3 Å². The maximum Gasteiger partial charge on any atom is 0.237 e. The Labute approximate surface area is 120 Å². The van der Waals surface area contributed by atoms with E-state index in [1.165, 1.54) is 0 Å². The number of nitrogens with two attached hydrogens (primary N) is 1. The van der Waals surface area contributed by atoms with Crippen LogP contribution in [0.2, 0.25) is 0 Å². The minimum Gasteiger partial charge on any atom is -0.493 e. The van der Waals surface area contributed by atoms with Crippen molar-refractivity contribution in [3.63, 3.8) is 0 Å². The summed E-state index contributed by atoms with van der Waals surface area (Å²) in [5.74, 6) is 1.16. The number of benzene rings is 1. The number of ether oxygens (including phenoxy) is 2. The first-order valence-corrected chi connectivity index (χ1v) is 6.75. The quantitative estimate of drug-likeness (QED) is 0.836. The third-order valence-corrected chi connectivity index (χ3v) is 2.82. The van der Waals surface area contributed by atoms with Crippen LogP contribution in [0.25, 0.3) is 0 Å². The van der Waals surface area contributed by atoms with Crippen LogP contribution in [0.5, 0.6) is 11.5 Å². The standard InChI is InChI=1S/C15H24N2O3/c1-9(2)20-13-7-6-12(8-14(13)19-5)11(4)17-15(18)10(3)16/h6-11H,16H2,1-5H3,(H,17,18). The number of amides is 1. The van der Waals surface area contributed by atoms with Crippen molar-refractivity contribution in [3.05, 3.63) is 23.8 Å². The summed E-state index contributed by atoms with van der Waals surface area (Å²) in [6, 6.07) is 4.96. The molecule has 1 aromatic carbocycles. The van der Waals surface area contributed by atoms with Crippen molar-refractivity contribution >= 4 is 5.91 Å². The van der Waals surface area contributed by atoms with E-state index in [1.54, 1.807) is 14.0 Å². The molecule has 1 rings (SSSR count). The number of carbonyl (C=O) groups excluding carboxylic acids is 1. The SMILES string of the molecule is COc1cc(C(C)NC(=O)C(C)N)ccc1OC(C)C. The van der Waals surface area contributed by atoms with Gasteiger partial charge in [-0.05, 0) is 45.4 Å². The third-order valence-electron chi connectivity index (χ3n) is 2.82. The van der Waals surface area contributed by atoms with Crippen LogP contribution >= 0.6 is 0 Å². The van der Waals surface area contributed by atoms with Gasteiger partial charge >= 0.3 is 0 Å². The molecule has 0 radical (unpaired) electrons. The van der Waals surface area contributed by atoms with Crippen molar-refractivity contribution in [2.45, 2.75) is 45.9 Å². The van der Waals surface area contributed by atoms with Gasteiger partial charge in [0.05, 0.1) is 25.3 Å². The highest BCUT2D eigenvalue weighted by molar-refractivity contribution is 5.81. The summed E-state index contributed by atoms with van der Waals surface area (Å²) in [6.07, 6.45) is 0.0740. The fourth-order valence-corrected chi connectivity index (χ4v) is 1.73. The molecule has 0 saturated carbocycles. The van der Waals surface area contributed by atoms with E-state index in [2.05, 4.69) is 5.32 Å². The van der Waals surface area contributed by atoms with E-state index >= 15 is 0 Å². The lowest BCUT2D eigenvalue weighted by atomic mass is 10.1. The molecule has 2 atom stereocenters. The normalized spacial score (nSPS) is 13.8. The largest absolute Gasteiger partial charge is 0.493 e. The molecule has 5 nitrogen and oxygen atoms in total. The van der Waals surface area contributed by atoms with Crippen molar-refractivity contribution in [1.82, 2.24) is 5.32 Å². The van der Waals surface area contributed by atoms with Gasteiger partial charge in [0.1, 0.15) is 0 Å². The molecule has 0 heterocycles. The molecule has 0 aromatic heterocycles. The Hall–Kier alpha value is -1.75. The Morgan fingerprint density at radius 1 is 1.20 bits per heavy atom. The summed E-state index contributed by atoms with van der Waals surface area (Å²) in [5, 5.41) is 2.85. The average molecular weight is 280 g/mol. The Morgan fingerprint density at radius 2 is 1.85 bits per heavy atom. The first-order valence-electron chi connectivity index (χ1n) is 6.75. The van der Waals surface area contributed by atoms with Gasteiger partial charge in [0, 0.05) is 0 Å². The highest BCUT2D eigenvalue weighted by atomic mass is 16.5. The summed E-state index contributed by atoms with van der Waals surface area (Å²) in [6.45, 7) is 7.47. The Bertz CT molecular complexity index is 458. The zero-order chi connectivity index (χ0) is 15.3. The fourth-order valence-electron chi connectivity index (χ4n) is 1.73. The van der Waals surface area contributed by atoms with E-state index in [1.807, 2.05) is 39.0 Å². The molecule has 1 amide bonds. The predicted octanol–water partition coefficient (Wildman–Crippen LogP) is 2.01. The van der Waals surface area contributed by atoms with E-state index in [4.69, 9.17) is 15.2 Å². The van der Waals surface area contributed by atoms with E-state index < -0.39 is 6.04 Å². The molecule has 3 N–H and O–H groups in total. The highest BCUT2D eigenvalue weighted by Crippen LogP contribution is 2.31. The second-order valence-corrected chi connectivity index (χ2v) is 5.10. The first-order chi connectivity index (χ1) is 9.35. The zero-order valence-corrected chi connectivity index (χ0v) is 12.8. The second-order valence-electron chi connectivity index (χ2n) is 5.10. The molecular formula is C15H24N2O3. The van der Waals surface area contributed by atoms with Gasteiger partial charge in [-0.2, -0.15) is 0 Å². The Kier molecular flexibility index (Phi) is 5.82. The molecule has 5 heteroatoms. The molecule has 0 bridgehead atoms. The molecule has 20 heavy (non-hydrogen) atoms. The van der Waals surface area contributed by atoms with Gasteiger partial charge in [-0.1, -0.05) is 6.07 Å². The molecule has 112 valence electrons. The summed E-state index contributed by atoms with van der Waals surface area (Å²) < 4.78 is 11.0. The number of hydrogen-bond donors (Lipinski definition) is 2. The van der Waals surface area contributed by atoms with Crippen LogP contribution in [-0.2, 0) is 4.79 Å². The van der Waals surface area contributed by atoms with Crippen LogP contribution in [0.1, 0.15) is 39.3 Å². The smallest absolute Gasteiger partial charge is 0.237 e. The van der Waals surface area contributed by atoms with Gasteiger partial charge in [-0.15, -0.1) is 0 Å². The zero-order valence-electron chi connectivity index (χ0n) is 12.8. The van der Waals surface area contributed by atoms with Crippen molar-refractivity contribution in [2.24, 2.45) is 5.73 Å². The Balaban J connectivity index is 2.89. The van der Waals surface area contributed by atoms with Crippen molar-refractivity contribution in [1.29, 1.82) is 0 Å². The van der Waals surface area contributed by atoms with Gasteiger partial charge in [0.25, 0.3) is 0 Å². The van der Waals surface area contributed by atoms with E-state index in [0.717, 1.165) is 5.56 Å². The minimum absolute atomic E-state index is 0.0740. The molecule has 0 aliphatic heterocycles. The number of carbonyl (C=O) groups is 1. The summed E-state index contributed by atoms with van der Waals surface area (Å²) in [7, 11) is 1.59. The molecule has 0 spiro atoms. The molecule has 0 saturated heterocycles. The molecule has 0 aliphatic carbocycles. The maximum absolute atomic E-state index is 11.6.